The fraction of sp³-hybridized carbons (Fsp3) is 0.375. The van der Waals surface area contributed by atoms with Crippen LogP contribution in [0.3, 0.4) is 0 Å². The zero-order valence-corrected chi connectivity index (χ0v) is 6.43. The average Bonchev–Trinajstić information content (AvgIpc) is 2.43. The lowest BCUT2D eigenvalue weighted by Crippen LogP contribution is -1.97. The molecule has 0 aromatic carbocycles. The smallest absolute Gasteiger partial charge is 0.343 e. The highest BCUT2D eigenvalue weighted by molar-refractivity contribution is 5.93. The maximum Gasteiger partial charge on any atom is 0.343 e. The Hall–Kier alpha value is -1.25. The summed E-state index contributed by atoms with van der Waals surface area (Å²) in [6.07, 6.45) is 0. The van der Waals surface area contributed by atoms with E-state index in [9.17, 15) is 4.79 Å². The Labute approximate surface area is 64.3 Å². The molecule has 0 fully saturated rings. The van der Waals surface area contributed by atoms with E-state index < -0.39 is 0 Å². The summed E-state index contributed by atoms with van der Waals surface area (Å²) in [6.45, 7) is 4.16. The molecular formula is C8H8O3. The Bertz CT molecular complexity index is 296. The minimum absolute atomic E-state index is 0.283. The first-order valence-electron chi connectivity index (χ1n) is 3.46. The predicted molar refractivity (Wildman–Crippen MR) is 37.4 cm³/mol. The molecule has 58 valence electrons. The van der Waals surface area contributed by atoms with E-state index in [1.54, 1.807) is 6.92 Å². The van der Waals surface area contributed by atoms with Gasteiger partial charge in [-0.25, -0.2) is 4.79 Å². The summed E-state index contributed by atoms with van der Waals surface area (Å²) in [5, 5.41) is 0. The van der Waals surface area contributed by atoms with Gasteiger partial charge in [0.05, 0.1) is 5.57 Å². The van der Waals surface area contributed by atoms with Crippen LogP contribution < -0.4 is 0 Å². The molecule has 3 nitrogen and oxygen atoms in total. The third-order valence-electron chi connectivity index (χ3n) is 1.87. The molecular weight excluding hydrogens is 144 g/mol. The molecule has 0 atom stereocenters. The van der Waals surface area contributed by atoms with Gasteiger partial charge in [-0.2, -0.15) is 0 Å². The van der Waals surface area contributed by atoms with Crippen molar-refractivity contribution in [3.8, 4) is 0 Å². The van der Waals surface area contributed by atoms with E-state index in [0.717, 1.165) is 5.57 Å². The molecule has 2 aliphatic heterocycles. The zero-order valence-electron chi connectivity index (χ0n) is 6.43. The second kappa shape index (κ2) is 1.87. The second-order valence-electron chi connectivity index (χ2n) is 2.74. The van der Waals surface area contributed by atoms with Crippen LogP contribution in [0.25, 0.3) is 0 Å². The summed E-state index contributed by atoms with van der Waals surface area (Å²) in [4.78, 5) is 10.9. The number of rotatable bonds is 0. The highest BCUT2D eigenvalue weighted by atomic mass is 16.6. The van der Waals surface area contributed by atoms with E-state index in [2.05, 4.69) is 0 Å². The first-order valence-corrected chi connectivity index (χ1v) is 3.46. The molecule has 2 heterocycles. The van der Waals surface area contributed by atoms with Gasteiger partial charge < -0.3 is 9.47 Å². The average molecular weight is 152 g/mol. The molecule has 0 bridgehead atoms. The van der Waals surface area contributed by atoms with Crippen molar-refractivity contribution in [2.24, 2.45) is 0 Å². The number of fused-ring (bicyclic) bond motifs is 1. The van der Waals surface area contributed by atoms with Gasteiger partial charge in [0.25, 0.3) is 0 Å². The Morgan fingerprint density at radius 1 is 1.27 bits per heavy atom. The largest absolute Gasteiger partial charge is 0.485 e. The highest BCUT2D eigenvalue weighted by Crippen LogP contribution is 2.34. The van der Waals surface area contributed by atoms with E-state index in [1.807, 2.05) is 6.92 Å². The maximum atomic E-state index is 10.9. The second-order valence-corrected chi connectivity index (χ2v) is 2.74. The van der Waals surface area contributed by atoms with E-state index >= 15 is 0 Å². The third kappa shape index (κ3) is 0.707. The van der Waals surface area contributed by atoms with Crippen LogP contribution in [0.15, 0.2) is 22.7 Å². The topological polar surface area (TPSA) is 35.5 Å². The molecule has 0 N–H and O–H groups in total. The summed E-state index contributed by atoms with van der Waals surface area (Å²) in [6, 6.07) is 0. The summed E-state index contributed by atoms with van der Waals surface area (Å²) < 4.78 is 10.2. The zero-order chi connectivity index (χ0) is 8.01. The van der Waals surface area contributed by atoms with Gasteiger partial charge in [-0.3, -0.25) is 0 Å². The molecule has 11 heavy (non-hydrogen) atoms. The van der Waals surface area contributed by atoms with Crippen molar-refractivity contribution in [1.29, 1.82) is 0 Å². The molecule has 2 rings (SSSR count). The van der Waals surface area contributed by atoms with Crippen LogP contribution in [0.2, 0.25) is 0 Å². The molecule has 0 radical (unpaired) electrons. The molecule has 0 unspecified atom stereocenters. The monoisotopic (exact) mass is 152 g/mol. The molecule has 0 saturated heterocycles. The van der Waals surface area contributed by atoms with Crippen molar-refractivity contribution < 1.29 is 14.3 Å². The fourth-order valence-corrected chi connectivity index (χ4v) is 1.18. The van der Waals surface area contributed by atoms with Gasteiger partial charge in [0, 0.05) is 5.57 Å². The highest BCUT2D eigenvalue weighted by Gasteiger charge is 2.33. The summed E-state index contributed by atoms with van der Waals surface area (Å²) >= 11 is 0. The molecule has 0 aromatic rings. The van der Waals surface area contributed by atoms with E-state index in [1.165, 1.54) is 0 Å². The molecule has 0 amide bonds. The van der Waals surface area contributed by atoms with Crippen molar-refractivity contribution in [2.75, 3.05) is 6.61 Å². The van der Waals surface area contributed by atoms with Crippen molar-refractivity contribution >= 4 is 5.97 Å². The Morgan fingerprint density at radius 3 is 2.64 bits per heavy atom. The van der Waals surface area contributed by atoms with Crippen LogP contribution in [0.4, 0.5) is 0 Å². The maximum absolute atomic E-state index is 10.9. The number of hydrogen-bond acceptors (Lipinski definition) is 3. The lowest BCUT2D eigenvalue weighted by atomic mass is 10.2. The number of carbonyl (C=O) groups excluding carboxylic acids is 1. The fourth-order valence-electron chi connectivity index (χ4n) is 1.18. The molecule has 0 aliphatic carbocycles. The van der Waals surface area contributed by atoms with Crippen LogP contribution in [-0.4, -0.2) is 12.6 Å². The molecule has 0 saturated carbocycles. The van der Waals surface area contributed by atoms with Crippen LogP contribution >= 0.6 is 0 Å². The van der Waals surface area contributed by atoms with Crippen molar-refractivity contribution in [1.82, 2.24) is 0 Å². The van der Waals surface area contributed by atoms with Gasteiger partial charge in [-0.1, -0.05) is 0 Å². The van der Waals surface area contributed by atoms with E-state index in [4.69, 9.17) is 9.47 Å². The molecule has 0 spiro atoms. The Morgan fingerprint density at radius 2 is 2.00 bits per heavy atom. The lowest BCUT2D eigenvalue weighted by Gasteiger charge is -1.93. The van der Waals surface area contributed by atoms with Crippen molar-refractivity contribution in [2.45, 2.75) is 13.8 Å². The summed E-state index contributed by atoms with van der Waals surface area (Å²) in [5.74, 6) is 0.981. The SMILES string of the molecule is CC1=C2OC(=O)C(C)=C2OC1. The summed E-state index contributed by atoms with van der Waals surface area (Å²) in [5.41, 5.74) is 1.57. The van der Waals surface area contributed by atoms with Crippen LogP contribution in [0.5, 0.6) is 0 Å². The van der Waals surface area contributed by atoms with Gasteiger partial charge in [0.1, 0.15) is 6.61 Å². The number of hydrogen-bond donors (Lipinski definition) is 0. The van der Waals surface area contributed by atoms with Gasteiger partial charge in [-0.05, 0) is 13.8 Å². The van der Waals surface area contributed by atoms with Gasteiger partial charge in [0.15, 0.2) is 11.5 Å². The van der Waals surface area contributed by atoms with Gasteiger partial charge >= 0.3 is 5.97 Å². The number of carbonyl (C=O) groups is 1. The standard InChI is InChI=1S/C8H8O3/c1-4-3-10-7-5(2)8(9)11-6(4)7/h3H2,1-2H3. The molecule has 0 aromatic heterocycles. The lowest BCUT2D eigenvalue weighted by molar-refractivity contribution is -0.133. The minimum Gasteiger partial charge on any atom is -0.485 e. The normalized spacial score (nSPS) is 22.2. The Kier molecular flexibility index (Phi) is 1.10. The van der Waals surface area contributed by atoms with Crippen molar-refractivity contribution in [3.63, 3.8) is 0 Å². The quantitative estimate of drug-likeness (QED) is 0.488. The van der Waals surface area contributed by atoms with Crippen LogP contribution in [-0.2, 0) is 14.3 Å². The first kappa shape index (κ1) is 6.46. The van der Waals surface area contributed by atoms with Gasteiger partial charge in [0.2, 0.25) is 0 Å². The van der Waals surface area contributed by atoms with Crippen LogP contribution in [0, 0.1) is 0 Å². The summed E-state index contributed by atoms with van der Waals surface area (Å²) in [7, 11) is 0. The van der Waals surface area contributed by atoms with Gasteiger partial charge in [-0.15, -0.1) is 0 Å². The van der Waals surface area contributed by atoms with E-state index in [0.29, 0.717) is 23.7 Å². The molecule has 2 aliphatic rings. The third-order valence-corrected chi connectivity index (χ3v) is 1.87. The first-order chi connectivity index (χ1) is 5.20. The van der Waals surface area contributed by atoms with Crippen molar-refractivity contribution in [3.05, 3.63) is 22.7 Å². The Balaban J connectivity index is 2.53. The molecule has 3 heteroatoms. The van der Waals surface area contributed by atoms with E-state index in [-0.39, 0.29) is 5.97 Å². The minimum atomic E-state index is -0.283. The van der Waals surface area contributed by atoms with Crippen LogP contribution in [0.1, 0.15) is 13.8 Å². The number of ether oxygens (including phenoxy) is 2. The predicted octanol–water partition coefficient (Wildman–Crippen LogP) is 1.12. The number of esters is 1.